The van der Waals surface area contributed by atoms with E-state index in [-0.39, 0.29) is 12.2 Å². The van der Waals surface area contributed by atoms with E-state index in [1.165, 1.54) is 40.6 Å². The molecule has 0 rings (SSSR count). The van der Waals surface area contributed by atoms with Crippen molar-refractivity contribution >= 4 is 5.78 Å². The van der Waals surface area contributed by atoms with Crippen LogP contribution in [0.25, 0.3) is 0 Å². The van der Waals surface area contributed by atoms with Crippen molar-refractivity contribution in [2.24, 2.45) is 5.41 Å². The van der Waals surface area contributed by atoms with Gasteiger partial charge in [0.05, 0.1) is 12.5 Å². The summed E-state index contributed by atoms with van der Waals surface area (Å²) in [5.74, 6) is -1.61. The molecule has 0 aliphatic heterocycles. The quantitative estimate of drug-likeness (QED) is 0.322. The van der Waals surface area contributed by atoms with E-state index in [4.69, 9.17) is 19.5 Å². The van der Waals surface area contributed by atoms with Crippen molar-refractivity contribution in [1.82, 2.24) is 0 Å². The fourth-order valence-electron chi connectivity index (χ4n) is 3.59. The maximum absolute atomic E-state index is 12.9. The molecule has 140 valence electrons. The van der Waals surface area contributed by atoms with E-state index in [9.17, 15) is 4.79 Å². The zero-order valence-corrected chi connectivity index (χ0v) is 16.2. The van der Waals surface area contributed by atoms with E-state index in [0.29, 0.717) is 12.8 Å². The fourth-order valence-corrected chi connectivity index (χ4v) is 3.59. The number of methoxy groups -OCH3 is 3. The number of rotatable bonds is 15. The fraction of sp³-hybridized carbons (Fsp3) is 0.895. The number of unbranched alkanes of at least 4 members (excludes halogenated alkanes) is 5. The second-order valence-corrected chi connectivity index (χ2v) is 6.28. The smallest absolute Gasteiger partial charge is 0.295 e. The molecule has 0 aromatic heterocycles. The summed E-state index contributed by atoms with van der Waals surface area (Å²) in [5, 5.41) is 9.03. The molecule has 0 aromatic carbocycles. The molecule has 0 spiro atoms. The standard InChI is InChI=1S/C19H35NO4/c1-6-8-9-10-11-12-15-18(14-7-2,17(21)13-16-20)19(22-3,23-4)24-5/h6-15H2,1-5H3. The van der Waals surface area contributed by atoms with E-state index in [0.717, 1.165) is 25.7 Å². The van der Waals surface area contributed by atoms with Gasteiger partial charge in [-0.1, -0.05) is 58.8 Å². The van der Waals surface area contributed by atoms with Crippen LogP contribution in [0.1, 0.15) is 78.1 Å². The highest BCUT2D eigenvalue weighted by Crippen LogP contribution is 2.46. The van der Waals surface area contributed by atoms with Crippen molar-refractivity contribution in [3.8, 4) is 6.07 Å². The number of carbonyl (C=O) groups excluding carboxylic acids is 1. The van der Waals surface area contributed by atoms with Crippen LogP contribution < -0.4 is 0 Å². The maximum atomic E-state index is 12.9. The average molecular weight is 341 g/mol. The molecule has 1 unspecified atom stereocenters. The van der Waals surface area contributed by atoms with Crippen molar-refractivity contribution in [3.63, 3.8) is 0 Å². The minimum atomic E-state index is -1.44. The van der Waals surface area contributed by atoms with Gasteiger partial charge in [0.25, 0.3) is 5.97 Å². The van der Waals surface area contributed by atoms with Crippen LogP contribution in [-0.2, 0) is 19.0 Å². The minimum absolute atomic E-state index is 0.159. The van der Waals surface area contributed by atoms with Crippen LogP contribution in [0.15, 0.2) is 0 Å². The van der Waals surface area contributed by atoms with Crippen molar-refractivity contribution in [1.29, 1.82) is 5.26 Å². The number of carbonyl (C=O) groups is 1. The van der Waals surface area contributed by atoms with Crippen LogP contribution in [-0.4, -0.2) is 33.1 Å². The van der Waals surface area contributed by atoms with E-state index in [1.807, 2.05) is 13.0 Å². The van der Waals surface area contributed by atoms with Gasteiger partial charge in [-0.15, -0.1) is 0 Å². The van der Waals surface area contributed by atoms with E-state index >= 15 is 0 Å². The number of Topliss-reactive ketones (excluding diaryl/α,β-unsaturated/α-hetero) is 1. The first kappa shape index (κ1) is 23.0. The highest BCUT2D eigenvalue weighted by molar-refractivity contribution is 5.87. The van der Waals surface area contributed by atoms with Crippen molar-refractivity contribution in [2.75, 3.05) is 21.3 Å². The molecular formula is C19H35NO4. The summed E-state index contributed by atoms with van der Waals surface area (Å²) in [6.45, 7) is 4.21. The predicted octanol–water partition coefficient (Wildman–Crippen LogP) is 4.60. The Bertz CT molecular complexity index is 379. The Balaban J connectivity index is 5.37. The van der Waals surface area contributed by atoms with Gasteiger partial charge in [-0.2, -0.15) is 5.26 Å². The molecular weight excluding hydrogens is 306 g/mol. The maximum Gasteiger partial charge on any atom is 0.295 e. The van der Waals surface area contributed by atoms with Crippen molar-refractivity contribution in [2.45, 2.75) is 84.0 Å². The number of nitriles is 1. The Morgan fingerprint density at radius 1 is 0.875 bits per heavy atom. The van der Waals surface area contributed by atoms with Gasteiger partial charge in [-0.25, -0.2) is 0 Å². The first-order valence-corrected chi connectivity index (χ1v) is 9.09. The number of ketones is 1. The molecule has 5 nitrogen and oxygen atoms in total. The molecule has 0 aromatic rings. The third-order valence-electron chi connectivity index (χ3n) is 4.80. The number of ether oxygens (including phenoxy) is 3. The minimum Gasteiger partial charge on any atom is -0.330 e. The Hall–Kier alpha value is -0.960. The highest BCUT2D eigenvalue weighted by Gasteiger charge is 2.57. The lowest BCUT2D eigenvalue weighted by molar-refractivity contribution is -0.399. The Labute approximate surface area is 147 Å². The third kappa shape index (κ3) is 5.54. The van der Waals surface area contributed by atoms with Crippen molar-refractivity contribution < 1.29 is 19.0 Å². The molecule has 24 heavy (non-hydrogen) atoms. The van der Waals surface area contributed by atoms with Crippen LogP contribution >= 0.6 is 0 Å². The Morgan fingerprint density at radius 3 is 1.88 bits per heavy atom. The summed E-state index contributed by atoms with van der Waals surface area (Å²) in [6.07, 6.45) is 8.55. The first-order chi connectivity index (χ1) is 11.5. The molecule has 0 saturated carbocycles. The van der Waals surface area contributed by atoms with Gasteiger partial charge in [-0.05, 0) is 12.8 Å². The van der Waals surface area contributed by atoms with Gasteiger partial charge >= 0.3 is 0 Å². The molecule has 0 bridgehead atoms. The molecule has 0 saturated heterocycles. The highest BCUT2D eigenvalue weighted by atomic mass is 16.9. The Kier molecular flexibility index (Phi) is 11.9. The monoisotopic (exact) mass is 341 g/mol. The molecule has 0 fully saturated rings. The van der Waals surface area contributed by atoms with Gasteiger partial charge in [0.2, 0.25) is 0 Å². The second kappa shape index (κ2) is 12.4. The molecule has 0 N–H and O–H groups in total. The van der Waals surface area contributed by atoms with Crippen LogP contribution in [0.5, 0.6) is 0 Å². The van der Waals surface area contributed by atoms with E-state index in [1.54, 1.807) is 0 Å². The van der Waals surface area contributed by atoms with E-state index in [2.05, 4.69) is 6.92 Å². The molecule has 0 radical (unpaired) electrons. The summed E-state index contributed by atoms with van der Waals surface area (Å²) in [7, 11) is 4.45. The first-order valence-electron chi connectivity index (χ1n) is 9.09. The van der Waals surface area contributed by atoms with Gasteiger partial charge in [0, 0.05) is 21.3 Å². The Morgan fingerprint density at radius 2 is 1.42 bits per heavy atom. The largest absolute Gasteiger partial charge is 0.330 e. The van der Waals surface area contributed by atoms with E-state index < -0.39 is 11.4 Å². The molecule has 0 amide bonds. The van der Waals surface area contributed by atoms with Gasteiger partial charge < -0.3 is 14.2 Å². The summed E-state index contributed by atoms with van der Waals surface area (Å²) in [6, 6.07) is 1.98. The SMILES string of the molecule is CCCCCCCCC(CCC)(C(=O)CC#N)C(OC)(OC)OC. The number of nitrogens with zero attached hydrogens (tertiary/aromatic N) is 1. The van der Waals surface area contributed by atoms with Gasteiger partial charge in [0.15, 0.2) is 5.78 Å². The van der Waals surface area contributed by atoms with Crippen LogP contribution in [0, 0.1) is 16.7 Å². The van der Waals surface area contributed by atoms with Crippen LogP contribution in [0.2, 0.25) is 0 Å². The van der Waals surface area contributed by atoms with Gasteiger partial charge in [0.1, 0.15) is 5.41 Å². The molecule has 1 atom stereocenters. The summed E-state index contributed by atoms with van der Waals surface area (Å²) in [5.41, 5.74) is -0.958. The summed E-state index contributed by atoms with van der Waals surface area (Å²) in [4.78, 5) is 12.9. The number of hydrogen-bond donors (Lipinski definition) is 0. The van der Waals surface area contributed by atoms with Crippen LogP contribution in [0.3, 0.4) is 0 Å². The van der Waals surface area contributed by atoms with Crippen LogP contribution in [0.4, 0.5) is 0 Å². The zero-order chi connectivity index (χ0) is 18.5. The van der Waals surface area contributed by atoms with Crippen molar-refractivity contribution in [3.05, 3.63) is 0 Å². The second-order valence-electron chi connectivity index (χ2n) is 6.28. The molecule has 0 aliphatic carbocycles. The lowest BCUT2D eigenvalue weighted by Gasteiger charge is -2.45. The average Bonchev–Trinajstić information content (AvgIpc) is 2.59. The number of hydrogen-bond acceptors (Lipinski definition) is 5. The normalized spacial score (nSPS) is 14.2. The zero-order valence-electron chi connectivity index (χ0n) is 16.2. The lowest BCUT2D eigenvalue weighted by atomic mass is 9.71. The topological polar surface area (TPSA) is 68.6 Å². The summed E-state index contributed by atoms with van der Waals surface area (Å²) >= 11 is 0. The van der Waals surface area contributed by atoms with Gasteiger partial charge in [-0.3, -0.25) is 4.79 Å². The molecule has 5 heteroatoms. The third-order valence-corrected chi connectivity index (χ3v) is 4.80. The lowest BCUT2D eigenvalue weighted by Crippen LogP contribution is -2.57. The molecule has 0 aliphatic rings. The molecule has 0 heterocycles. The predicted molar refractivity (Wildman–Crippen MR) is 94.3 cm³/mol. The summed E-state index contributed by atoms with van der Waals surface area (Å²) < 4.78 is 16.6.